The van der Waals surface area contributed by atoms with Crippen molar-refractivity contribution in [2.45, 2.75) is 0 Å². The summed E-state index contributed by atoms with van der Waals surface area (Å²) in [5.41, 5.74) is 3.90. The van der Waals surface area contributed by atoms with Crippen LogP contribution < -0.4 is 5.32 Å². The maximum Gasteiger partial charge on any atom is 0.255 e. The van der Waals surface area contributed by atoms with E-state index in [0.717, 1.165) is 16.7 Å². The molecule has 0 fully saturated rings. The van der Waals surface area contributed by atoms with E-state index in [0.29, 0.717) is 22.7 Å². The third-order valence-electron chi connectivity index (χ3n) is 3.94. The summed E-state index contributed by atoms with van der Waals surface area (Å²) in [5.74, 6) is 0.266. The van der Waals surface area contributed by atoms with Gasteiger partial charge in [-0.1, -0.05) is 18.2 Å². The number of fused-ring (bicyclic) bond motifs is 1. The van der Waals surface area contributed by atoms with Gasteiger partial charge in [-0.25, -0.2) is 4.98 Å². The number of carbonyl (C=O) groups excluding carboxylic acids is 1. The molecular formula is C21H13N3O2. The molecule has 0 atom stereocenters. The molecule has 0 aliphatic rings. The smallest absolute Gasteiger partial charge is 0.255 e. The molecule has 1 N–H and O–H groups in total. The van der Waals surface area contributed by atoms with Crippen molar-refractivity contribution >= 4 is 22.7 Å². The van der Waals surface area contributed by atoms with Gasteiger partial charge in [-0.15, -0.1) is 0 Å². The summed E-state index contributed by atoms with van der Waals surface area (Å²) >= 11 is 0. The van der Waals surface area contributed by atoms with Gasteiger partial charge < -0.3 is 9.73 Å². The van der Waals surface area contributed by atoms with Crippen LogP contribution in [-0.4, -0.2) is 10.9 Å². The molecule has 26 heavy (non-hydrogen) atoms. The van der Waals surface area contributed by atoms with E-state index in [-0.39, 0.29) is 5.91 Å². The minimum atomic E-state index is -0.267. The van der Waals surface area contributed by atoms with Crippen LogP contribution in [0.1, 0.15) is 15.9 Å². The molecule has 0 unspecified atom stereocenters. The van der Waals surface area contributed by atoms with Crippen molar-refractivity contribution in [1.29, 1.82) is 5.26 Å². The lowest BCUT2D eigenvalue weighted by Gasteiger charge is -2.06. The van der Waals surface area contributed by atoms with Gasteiger partial charge in [0.15, 0.2) is 5.58 Å². The van der Waals surface area contributed by atoms with E-state index in [2.05, 4.69) is 10.3 Å². The first-order valence-electron chi connectivity index (χ1n) is 8.00. The van der Waals surface area contributed by atoms with Crippen molar-refractivity contribution in [3.05, 3.63) is 83.9 Å². The highest BCUT2D eigenvalue weighted by molar-refractivity contribution is 6.04. The number of nitrogens with one attached hydrogen (secondary N) is 1. The number of nitrogens with zero attached hydrogens (tertiary/aromatic N) is 2. The second kappa shape index (κ2) is 6.54. The number of aromatic nitrogens is 1. The Hall–Kier alpha value is -3.91. The Bertz CT molecular complexity index is 1100. The van der Waals surface area contributed by atoms with Crippen LogP contribution in [0.2, 0.25) is 0 Å². The molecule has 5 nitrogen and oxygen atoms in total. The molecule has 1 aromatic heterocycles. The number of benzene rings is 3. The van der Waals surface area contributed by atoms with Crippen LogP contribution in [0.5, 0.6) is 0 Å². The molecule has 5 heteroatoms. The van der Waals surface area contributed by atoms with Crippen molar-refractivity contribution in [3.63, 3.8) is 0 Å². The number of para-hydroxylation sites is 2. The monoisotopic (exact) mass is 339 g/mol. The predicted octanol–water partition coefficient (Wildman–Crippen LogP) is 4.62. The zero-order valence-corrected chi connectivity index (χ0v) is 13.6. The average Bonchev–Trinajstić information content (AvgIpc) is 3.13. The van der Waals surface area contributed by atoms with Crippen LogP contribution in [0, 0.1) is 11.3 Å². The standard InChI is InChI=1S/C21H13N3O2/c22-13-14-4-3-5-16(12-14)20(25)23-17-10-8-15(9-11-17)21-24-18-6-1-2-7-19(18)26-21/h1-12H,(H,23,25). The van der Waals surface area contributed by atoms with Gasteiger partial charge in [0.25, 0.3) is 5.91 Å². The second-order valence-corrected chi connectivity index (χ2v) is 5.71. The van der Waals surface area contributed by atoms with E-state index in [4.69, 9.17) is 9.68 Å². The maximum absolute atomic E-state index is 12.3. The lowest BCUT2D eigenvalue weighted by Crippen LogP contribution is -2.11. The van der Waals surface area contributed by atoms with Crippen molar-refractivity contribution in [1.82, 2.24) is 4.98 Å². The lowest BCUT2D eigenvalue weighted by molar-refractivity contribution is 0.102. The highest BCUT2D eigenvalue weighted by Crippen LogP contribution is 2.25. The van der Waals surface area contributed by atoms with E-state index >= 15 is 0 Å². The molecule has 3 aromatic carbocycles. The number of oxazole rings is 1. The summed E-state index contributed by atoms with van der Waals surface area (Å²) in [7, 11) is 0. The van der Waals surface area contributed by atoms with Crippen LogP contribution in [0.15, 0.2) is 77.2 Å². The largest absolute Gasteiger partial charge is 0.436 e. The number of amides is 1. The first-order chi connectivity index (χ1) is 12.7. The van der Waals surface area contributed by atoms with E-state index < -0.39 is 0 Å². The topological polar surface area (TPSA) is 78.9 Å². The maximum atomic E-state index is 12.3. The van der Waals surface area contributed by atoms with Gasteiger partial charge in [0, 0.05) is 16.8 Å². The van der Waals surface area contributed by atoms with Gasteiger partial charge in [-0.3, -0.25) is 4.79 Å². The van der Waals surface area contributed by atoms with Gasteiger partial charge in [0.05, 0.1) is 11.6 Å². The Balaban J connectivity index is 1.54. The molecule has 0 saturated carbocycles. The van der Waals surface area contributed by atoms with E-state index in [1.165, 1.54) is 0 Å². The Morgan fingerprint density at radius 2 is 1.81 bits per heavy atom. The van der Waals surface area contributed by atoms with Crippen molar-refractivity contribution in [2.24, 2.45) is 0 Å². The summed E-state index contributed by atoms with van der Waals surface area (Å²) in [6.45, 7) is 0. The van der Waals surface area contributed by atoms with Gasteiger partial charge in [-0.05, 0) is 54.6 Å². The van der Waals surface area contributed by atoms with E-state index in [9.17, 15) is 4.79 Å². The van der Waals surface area contributed by atoms with Gasteiger partial charge in [-0.2, -0.15) is 5.26 Å². The molecule has 124 valence electrons. The van der Waals surface area contributed by atoms with E-state index in [1.807, 2.05) is 42.5 Å². The predicted molar refractivity (Wildman–Crippen MR) is 98.6 cm³/mol. The van der Waals surface area contributed by atoms with Crippen molar-refractivity contribution in [2.75, 3.05) is 5.32 Å². The number of anilines is 1. The molecule has 0 saturated heterocycles. The van der Waals surface area contributed by atoms with Gasteiger partial charge in [0.1, 0.15) is 5.52 Å². The number of hydrogen-bond donors (Lipinski definition) is 1. The molecule has 4 rings (SSSR count). The van der Waals surface area contributed by atoms with Crippen molar-refractivity contribution in [3.8, 4) is 17.5 Å². The molecule has 1 heterocycles. The van der Waals surface area contributed by atoms with Crippen LogP contribution in [0.4, 0.5) is 5.69 Å². The summed E-state index contributed by atoms with van der Waals surface area (Å²) in [6, 6.07) is 23.4. The Morgan fingerprint density at radius 3 is 2.58 bits per heavy atom. The highest BCUT2D eigenvalue weighted by Gasteiger charge is 2.09. The quantitative estimate of drug-likeness (QED) is 0.591. The summed E-state index contributed by atoms with van der Waals surface area (Å²) in [5, 5.41) is 11.7. The Kier molecular flexibility index (Phi) is 3.92. The van der Waals surface area contributed by atoms with Crippen LogP contribution in [0.3, 0.4) is 0 Å². The lowest BCUT2D eigenvalue weighted by atomic mass is 10.1. The molecule has 4 aromatic rings. The van der Waals surface area contributed by atoms with Gasteiger partial charge in [0.2, 0.25) is 5.89 Å². The normalized spacial score (nSPS) is 10.4. The molecule has 0 radical (unpaired) electrons. The minimum Gasteiger partial charge on any atom is -0.436 e. The average molecular weight is 339 g/mol. The molecule has 0 bridgehead atoms. The van der Waals surface area contributed by atoms with Crippen LogP contribution in [0.25, 0.3) is 22.6 Å². The highest BCUT2D eigenvalue weighted by atomic mass is 16.3. The zero-order valence-electron chi connectivity index (χ0n) is 13.6. The number of carbonyl (C=O) groups is 1. The first-order valence-corrected chi connectivity index (χ1v) is 8.00. The number of nitriles is 1. The Labute approximate surface area is 149 Å². The molecule has 0 spiro atoms. The fourth-order valence-electron chi connectivity index (χ4n) is 2.63. The number of hydrogen-bond acceptors (Lipinski definition) is 4. The van der Waals surface area contributed by atoms with Crippen molar-refractivity contribution < 1.29 is 9.21 Å². The van der Waals surface area contributed by atoms with E-state index in [1.54, 1.807) is 36.4 Å². The molecule has 1 amide bonds. The molecule has 0 aliphatic carbocycles. The summed E-state index contributed by atoms with van der Waals surface area (Å²) < 4.78 is 5.74. The molecular weight excluding hydrogens is 326 g/mol. The Morgan fingerprint density at radius 1 is 1.00 bits per heavy atom. The minimum absolute atomic E-state index is 0.267. The van der Waals surface area contributed by atoms with Crippen LogP contribution >= 0.6 is 0 Å². The van der Waals surface area contributed by atoms with Gasteiger partial charge >= 0.3 is 0 Å². The summed E-state index contributed by atoms with van der Waals surface area (Å²) in [6.07, 6.45) is 0. The summed E-state index contributed by atoms with van der Waals surface area (Å²) in [4.78, 5) is 16.8. The second-order valence-electron chi connectivity index (χ2n) is 5.71. The SMILES string of the molecule is N#Cc1cccc(C(=O)Nc2ccc(-c3nc4ccccc4o3)cc2)c1. The number of rotatable bonds is 3. The first kappa shape index (κ1) is 15.6. The fourth-order valence-corrected chi connectivity index (χ4v) is 2.63. The molecule has 0 aliphatic heterocycles. The fraction of sp³-hybridized carbons (Fsp3) is 0. The van der Waals surface area contributed by atoms with Crippen LogP contribution in [-0.2, 0) is 0 Å². The zero-order chi connectivity index (χ0) is 17.9. The third kappa shape index (κ3) is 3.04. The third-order valence-corrected chi connectivity index (χ3v) is 3.94.